The molecule has 0 saturated heterocycles. The number of rotatable bonds is 3. The van der Waals surface area contributed by atoms with Crippen molar-refractivity contribution in [1.82, 2.24) is 4.98 Å². The van der Waals surface area contributed by atoms with Gasteiger partial charge in [0.25, 0.3) is 0 Å². The summed E-state index contributed by atoms with van der Waals surface area (Å²) in [5.41, 5.74) is -2.03. The third kappa shape index (κ3) is 2.86. The Balaban J connectivity index is 2.74. The summed E-state index contributed by atoms with van der Waals surface area (Å²) in [5.74, 6) is -1.54. The number of thioether (sulfide) groups is 1. The highest BCUT2D eigenvalue weighted by atomic mass is 35.5. The number of carbonyl (C=O) groups is 1. The van der Waals surface area contributed by atoms with Gasteiger partial charge in [-0.25, -0.2) is 14.2 Å². The number of hydrogen-bond acceptors (Lipinski definition) is 3. The molecule has 6 heteroatoms. The van der Waals surface area contributed by atoms with Crippen LogP contribution in [0.4, 0.5) is 4.39 Å². The lowest BCUT2D eigenvalue weighted by Crippen LogP contribution is -2.09. The van der Waals surface area contributed by atoms with Crippen molar-refractivity contribution in [2.45, 2.75) is 10.5 Å². The van der Waals surface area contributed by atoms with E-state index in [1.54, 1.807) is 6.07 Å². The topological polar surface area (TPSA) is 50.2 Å². The van der Waals surface area contributed by atoms with Crippen LogP contribution in [0.2, 0.25) is 5.02 Å². The number of aliphatic carboxylic acids is 1. The van der Waals surface area contributed by atoms with Crippen molar-refractivity contribution in [3.05, 3.63) is 23.4 Å². The highest BCUT2D eigenvalue weighted by Crippen LogP contribution is 2.28. The summed E-state index contributed by atoms with van der Waals surface area (Å²) >= 11 is 6.10. The molecular weight excluding hydrogens is 217 g/mol. The van der Waals surface area contributed by atoms with Gasteiger partial charge in [-0.15, -0.1) is 0 Å². The lowest BCUT2D eigenvalue weighted by Gasteiger charge is -2.02. The predicted octanol–water partition coefficient (Wildman–Crippen LogP) is 2.21. The van der Waals surface area contributed by atoms with Crippen LogP contribution in [-0.2, 0) is 4.79 Å². The van der Waals surface area contributed by atoms with Gasteiger partial charge in [-0.2, -0.15) is 0 Å². The molecule has 0 aromatic carbocycles. The molecule has 1 atom stereocenters. The van der Waals surface area contributed by atoms with Crippen LogP contribution in [0.15, 0.2) is 23.4 Å². The summed E-state index contributed by atoms with van der Waals surface area (Å²) in [4.78, 5) is 13.9. The molecule has 0 radical (unpaired) electrons. The lowest BCUT2D eigenvalue weighted by molar-refractivity contribution is -0.139. The van der Waals surface area contributed by atoms with Gasteiger partial charge in [0.1, 0.15) is 5.03 Å². The van der Waals surface area contributed by atoms with Crippen LogP contribution in [0.1, 0.15) is 0 Å². The Hall–Kier alpha value is -0.810. The number of carboxylic acids is 1. The van der Waals surface area contributed by atoms with Gasteiger partial charge in [0.05, 0.1) is 5.02 Å². The first kappa shape index (κ1) is 10.3. The van der Waals surface area contributed by atoms with E-state index < -0.39 is 11.5 Å². The smallest absolute Gasteiger partial charge is 0.349 e. The third-order valence-electron chi connectivity index (χ3n) is 1.13. The number of aromatic nitrogens is 1. The number of pyridine rings is 1. The average Bonchev–Trinajstić information content (AvgIpc) is 2.08. The first-order valence-electron chi connectivity index (χ1n) is 3.25. The van der Waals surface area contributed by atoms with Crippen LogP contribution in [0, 0.1) is 0 Å². The molecule has 0 aliphatic carbocycles. The zero-order valence-electron chi connectivity index (χ0n) is 6.28. The Morgan fingerprint density at radius 1 is 1.77 bits per heavy atom. The number of nitrogens with zero attached hydrogens (tertiary/aromatic N) is 1. The second kappa shape index (κ2) is 4.43. The van der Waals surface area contributed by atoms with Crippen LogP contribution in [0.25, 0.3) is 0 Å². The molecule has 0 spiro atoms. The zero-order valence-corrected chi connectivity index (χ0v) is 7.85. The molecule has 0 saturated carbocycles. The minimum atomic E-state index is -2.03. The average molecular weight is 222 g/mol. The summed E-state index contributed by atoms with van der Waals surface area (Å²) in [6.07, 6.45) is 1.42. The van der Waals surface area contributed by atoms with Crippen LogP contribution < -0.4 is 0 Å². The molecule has 70 valence electrons. The standard InChI is InChI=1S/C7H5ClFNO2S/c8-4-2-1-3-10-6(4)13-5(9)7(11)12/h1-3,5H,(H,11,12). The fraction of sp³-hybridized carbons (Fsp3) is 0.143. The Labute approximate surface area is 82.9 Å². The zero-order chi connectivity index (χ0) is 9.84. The van der Waals surface area contributed by atoms with E-state index in [0.717, 1.165) is 0 Å². The molecule has 0 aliphatic rings. The van der Waals surface area contributed by atoms with Gasteiger partial charge in [0, 0.05) is 6.20 Å². The van der Waals surface area contributed by atoms with Crippen LogP contribution >= 0.6 is 23.4 Å². The summed E-state index contributed by atoms with van der Waals surface area (Å²) in [6.45, 7) is 0. The molecule has 0 bridgehead atoms. The van der Waals surface area contributed by atoms with Crippen molar-refractivity contribution in [2.75, 3.05) is 0 Å². The van der Waals surface area contributed by atoms with Crippen molar-refractivity contribution < 1.29 is 14.3 Å². The molecule has 1 unspecified atom stereocenters. The minimum absolute atomic E-state index is 0.180. The maximum atomic E-state index is 12.7. The Bertz CT molecular complexity index is 323. The van der Waals surface area contributed by atoms with Crippen molar-refractivity contribution in [2.24, 2.45) is 0 Å². The number of halogens is 2. The van der Waals surface area contributed by atoms with Crippen molar-refractivity contribution >= 4 is 29.3 Å². The second-order valence-corrected chi connectivity index (χ2v) is 3.51. The van der Waals surface area contributed by atoms with Crippen molar-refractivity contribution in [3.63, 3.8) is 0 Å². The first-order valence-corrected chi connectivity index (χ1v) is 4.51. The van der Waals surface area contributed by atoms with Crippen molar-refractivity contribution in [3.8, 4) is 0 Å². The highest BCUT2D eigenvalue weighted by Gasteiger charge is 2.19. The van der Waals surface area contributed by atoms with Gasteiger partial charge in [-0.1, -0.05) is 23.4 Å². The van der Waals surface area contributed by atoms with E-state index in [-0.39, 0.29) is 10.0 Å². The molecule has 0 aliphatic heterocycles. The van der Waals surface area contributed by atoms with E-state index in [1.165, 1.54) is 12.3 Å². The maximum Gasteiger partial charge on any atom is 0.349 e. The van der Waals surface area contributed by atoms with E-state index in [9.17, 15) is 9.18 Å². The maximum absolute atomic E-state index is 12.7. The SMILES string of the molecule is O=C(O)C(F)Sc1ncccc1Cl. The fourth-order valence-corrected chi connectivity index (χ4v) is 1.46. The molecule has 0 fully saturated rings. The molecule has 0 amide bonds. The van der Waals surface area contributed by atoms with Gasteiger partial charge >= 0.3 is 5.97 Å². The van der Waals surface area contributed by atoms with Crippen LogP contribution in [0.5, 0.6) is 0 Å². The summed E-state index contributed by atoms with van der Waals surface area (Å²) < 4.78 is 12.7. The number of hydrogen-bond donors (Lipinski definition) is 1. The largest absolute Gasteiger partial charge is 0.478 e. The normalized spacial score (nSPS) is 12.5. The van der Waals surface area contributed by atoms with Crippen LogP contribution in [-0.4, -0.2) is 21.6 Å². The Kier molecular flexibility index (Phi) is 3.50. The van der Waals surface area contributed by atoms with Gasteiger partial charge in [-0.3, -0.25) is 0 Å². The van der Waals surface area contributed by atoms with Gasteiger partial charge < -0.3 is 5.11 Å². The summed E-state index contributed by atoms with van der Waals surface area (Å²) in [5, 5.41) is 8.69. The molecule has 1 N–H and O–H groups in total. The molecule has 1 aromatic rings. The van der Waals surface area contributed by atoms with Crippen molar-refractivity contribution in [1.29, 1.82) is 0 Å². The first-order chi connectivity index (χ1) is 6.11. The summed E-state index contributed by atoms with van der Waals surface area (Å²) in [7, 11) is 0. The van der Waals surface area contributed by atoms with E-state index in [1.807, 2.05) is 0 Å². The van der Waals surface area contributed by atoms with Gasteiger partial charge in [-0.05, 0) is 12.1 Å². The quantitative estimate of drug-likeness (QED) is 0.795. The molecule has 1 aromatic heterocycles. The lowest BCUT2D eigenvalue weighted by atomic mass is 10.5. The fourth-order valence-electron chi connectivity index (χ4n) is 0.606. The van der Waals surface area contributed by atoms with E-state index in [4.69, 9.17) is 16.7 Å². The highest BCUT2D eigenvalue weighted by molar-refractivity contribution is 8.00. The second-order valence-electron chi connectivity index (χ2n) is 2.06. The van der Waals surface area contributed by atoms with E-state index in [2.05, 4.69) is 4.98 Å². The molecule has 1 heterocycles. The summed E-state index contributed by atoms with van der Waals surface area (Å²) in [6, 6.07) is 3.10. The predicted molar refractivity (Wildman–Crippen MR) is 47.6 cm³/mol. The van der Waals surface area contributed by atoms with Gasteiger partial charge in [0.15, 0.2) is 0 Å². The van der Waals surface area contributed by atoms with Crippen LogP contribution in [0.3, 0.4) is 0 Å². The Morgan fingerprint density at radius 2 is 2.46 bits per heavy atom. The third-order valence-corrected chi connectivity index (χ3v) is 2.51. The monoisotopic (exact) mass is 221 g/mol. The number of alkyl halides is 1. The molecule has 13 heavy (non-hydrogen) atoms. The molecular formula is C7H5ClFNO2S. The Morgan fingerprint density at radius 3 is 3.00 bits per heavy atom. The minimum Gasteiger partial charge on any atom is -0.478 e. The number of carboxylic acid groups (broad SMARTS) is 1. The van der Waals surface area contributed by atoms with Gasteiger partial charge in [0.2, 0.25) is 5.50 Å². The van der Waals surface area contributed by atoms with E-state index >= 15 is 0 Å². The molecule has 3 nitrogen and oxygen atoms in total. The van der Waals surface area contributed by atoms with E-state index in [0.29, 0.717) is 11.8 Å². The molecule has 1 rings (SSSR count).